The lowest BCUT2D eigenvalue weighted by molar-refractivity contribution is 0.407. The summed E-state index contributed by atoms with van der Waals surface area (Å²) in [5.74, 6) is 0.441. The second kappa shape index (κ2) is 5.60. The summed E-state index contributed by atoms with van der Waals surface area (Å²) in [6, 6.07) is 0. The van der Waals surface area contributed by atoms with E-state index < -0.39 is 0 Å². The zero-order chi connectivity index (χ0) is 15.7. The van der Waals surface area contributed by atoms with E-state index in [0.717, 1.165) is 0 Å². The largest absolute Gasteiger partial charge is 0.504 e. The van der Waals surface area contributed by atoms with Crippen LogP contribution in [0.2, 0.25) is 0 Å². The normalized spacial score (nSPS) is 13.7. The Morgan fingerprint density at radius 2 is 1.45 bits per heavy atom. The molecule has 0 aromatic carbocycles. The Labute approximate surface area is 125 Å². The summed E-state index contributed by atoms with van der Waals surface area (Å²) in [7, 11) is 0. The van der Waals surface area contributed by atoms with Gasteiger partial charge in [0.05, 0.1) is 11.4 Å². The molecule has 0 amide bonds. The second-order valence-electron chi connectivity index (χ2n) is 6.72. The number of hydrogen-bond acceptors (Lipinski definition) is 5. The van der Waals surface area contributed by atoms with Crippen LogP contribution in [-0.2, 0) is 10.8 Å². The number of aromatic hydroxyl groups is 1. The van der Waals surface area contributed by atoms with Crippen molar-refractivity contribution in [2.45, 2.75) is 52.4 Å². The monoisotopic (exact) mass is 296 g/mol. The molecule has 0 saturated heterocycles. The first kappa shape index (κ1) is 16.8. The van der Waals surface area contributed by atoms with Crippen LogP contribution in [0.15, 0.2) is 4.99 Å². The quantitative estimate of drug-likeness (QED) is 0.614. The molecular formula is C14H24N4OS. The number of hydrogen-bond donors (Lipinski definition) is 2. The van der Waals surface area contributed by atoms with Gasteiger partial charge in [0.15, 0.2) is 10.9 Å². The van der Waals surface area contributed by atoms with Gasteiger partial charge >= 0.3 is 0 Å². The van der Waals surface area contributed by atoms with Crippen molar-refractivity contribution in [3.63, 3.8) is 0 Å². The molecule has 0 saturated carbocycles. The minimum atomic E-state index is -0.300. The third-order valence-corrected chi connectivity index (χ3v) is 3.22. The second-order valence-corrected chi connectivity index (χ2v) is 7.55. The summed E-state index contributed by atoms with van der Waals surface area (Å²) in [5.41, 5.74) is 6.31. The topological polar surface area (TPSA) is 84.4 Å². The van der Waals surface area contributed by atoms with Gasteiger partial charge in [0.1, 0.15) is 0 Å². The molecule has 112 valence electrons. The average Bonchev–Trinajstić information content (AvgIpc) is 2.28. The third kappa shape index (κ3) is 3.85. The van der Waals surface area contributed by atoms with E-state index in [1.807, 2.05) is 47.8 Å². The van der Waals surface area contributed by atoms with Gasteiger partial charge in [-0.05, 0) is 6.26 Å². The van der Waals surface area contributed by atoms with Crippen LogP contribution in [0.5, 0.6) is 5.75 Å². The van der Waals surface area contributed by atoms with Gasteiger partial charge in [0, 0.05) is 10.8 Å². The summed E-state index contributed by atoms with van der Waals surface area (Å²) >= 11 is 1.34. The Bertz CT molecular complexity index is 492. The molecule has 0 aliphatic rings. The molecule has 0 radical (unpaired) electrons. The fraction of sp³-hybridized carbons (Fsp3) is 0.643. The van der Waals surface area contributed by atoms with Crippen LogP contribution in [0.25, 0.3) is 0 Å². The molecule has 0 bridgehead atoms. The molecule has 0 spiro atoms. The van der Waals surface area contributed by atoms with E-state index in [1.54, 1.807) is 0 Å². The summed E-state index contributed by atoms with van der Waals surface area (Å²) < 4.78 is 0. The molecule has 0 fully saturated rings. The molecule has 1 aromatic rings. The predicted octanol–water partition coefficient (Wildman–Crippen LogP) is 3.09. The summed E-state index contributed by atoms with van der Waals surface area (Å²) in [6.07, 6.45) is 1.84. The number of aliphatic imine (C=N–C) groups is 1. The maximum Gasteiger partial charge on any atom is 0.252 e. The zero-order valence-corrected chi connectivity index (χ0v) is 14.1. The van der Waals surface area contributed by atoms with Gasteiger partial charge in [-0.25, -0.2) is 9.97 Å². The summed E-state index contributed by atoms with van der Waals surface area (Å²) in [4.78, 5) is 12.9. The molecule has 0 atom stereocenters. The highest BCUT2D eigenvalue weighted by Crippen LogP contribution is 2.37. The number of nitrogens with two attached hydrogens (primary N) is 1. The van der Waals surface area contributed by atoms with Crippen molar-refractivity contribution in [2.24, 2.45) is 10.7 Å². The minimum Gasteiger partial charge on any atom is -0.504 e. The molecule has 0 aliphatic carbocycles. The molecule has 0 aliphatic heterocycles. The van der Waals surface area contributed by atoms with Gasteiger partial charge in [-0.2, -0.15) is 4.99 Å². The first-order valence-electron chi connectivity index (χ1n) is 6.47. The zero-order valence-electron chi connectivity index (χ0n) is 13.3. The Morgan fingerprint density at radius 1 is 1.05 bits per heavy atom. The fourth-order valence-corrected chi connectivity index (χ4v) is 1.86. The van der Waals surface area contributed by atoms with Crippen LogP contribution in [0.1, 0.15) is 52.9 Å². The van der Waals surface area contributed by atoms with Crippen molar-refractivity contribution in [1.82, 2.24) is 9.97 Å². The van der Waals surface area contributed by atoms with Crippen molar-refractivity contribution < 1.29 is 5.11 Å². The van der Waals surface area contributed by atoms with Gasteiger partial charge in [-0.1, -0.05) is 53.3 Å². The van der Waals surface area contributed by atoms with E-state index >= 15 is 0 Å². The smallest absolute Gasteiger partial charge is 0.252 e. The molecule has 3 N–H and O–H groups in total. The number of amidine groups is 1. The van der Waals surface area contributed by atoms with Crippen molar-refractivity contribution in [3.8, 4) is 5.75 Å². The van der Waals surface area contributed by atoms with E-state index in [2.05, 4.69) is 15.0 Å². The highest BCUT2D eigenvalue weighted by Gasteiger charge is 2.29. The van der Waals surface area contributed by atoms with Gasteiger partial charge in [-0.15, -0.1) is 0 Å². The SMILES string of the molecule is CSC(N)=Nc1nc(C(C)(C)C)c(O)c(C(C)(C)C)n1. The molecule has 1 aromatic heterocycles. The van der Waals surface area contributed by atoms with Gasteiger partial charge < -0.3 is 10.8 Å². The van der Waals surface area contributed by atoms with Crippen LogP contribution in [0, 0.1) is 0 Å². The summed E-state index contributed by atoms with van der Waals surface area (Å²) in [6.45, 7) is 12.0. The molecule has 5 nitrogen and oxygen atoms in total. The van der Waals surface area contributed by atoms with Crippen molar-refractivity contribution in [1.29, 1.82) is 0 Å². The summed E-state index contributed by atoms with van der Waals surface area (Å²) in [5, 5.41) is 10.9. The van der Waals surface area contributed by atoms with Crippen molar-refractivity contribution >= 4 is 22.9 Å². The minimum absolute atomic E-state index is 0.145. The van der Waals surface area contributed by atoms with E-state index in [0.29, 0.717) is 22.5 Å². The standard InChI is InChI=1S/C14H24N4OS/c1-13(2,3)9-8(19)10(14(4,5)6)17-12(16-9)18-11(15)20-7/h19H,1-7H3,(H2,15,16,17,18). The van der Waals surface area contributed by atoms with E-state index in [-0.39, 0.29) is 16.6 Å². The molecular weight excluding hydrogens is 272 g/mol. The van der Waals surface area contributed by atoms with Crippen LogP contribution in [0.4, 0.5) is 5.95 Å². The third-order valence-electron chi connectivity index (χ3n) is 2.71. The lowest BCUT2D eigenvalue weighted by Crippen LogP contribution is -2.20. The van der Waals surface area contributed by atoms with Gasteiger partial charge in [0.25, 0.3) is 5.95 Å². The number of nitrogens with zero attached hydrogens (tertiary/aromatic N) is 3. The van der Waals surface area contributed by atoms with Gasteiger partial charge in [-0.3, -0.25) is 0 Å². The first-order valence-corrected chi connectivity index (χ1v) is 7.69. The molecule has 1 rings (SSSR count). The van der Waals surface area contributed by atoms with Crippen molar-refractivity contribution in [2.75, 3.05) is 6.26 Å². The Kier molecular flexibility index (Phi) is 4.69. The van der Waals surface area contributed by atoms with E-state index in [4.69, 9.17) is 5.73 Å². The Morgan fingerprint density at radius 3 is 1.75 bits per heavy atom. The van der Waals surface area contributed by atoms with Crippen LogP contribution >= 0.6 is 11.8 Å². The van der Waals surface area contributed by atoms with Crippen LogP contribution in [0.3, 0.4) is 0 Å². The molecule has 0 unspecified atom stereocenters. The predicted molar refractivity (Wildman–Crippen MR) is 85.9 cm³/mol. The first-order chi connectivity index (χ1) is 8.96. The fourth-order valence-electron chi connectivity index (χ4n) is 1.68. The maximum absolute atomic E-state index is 10.5. The van der Waals surface area contributed by atoms with E-state index in [9.17, 15) is 5.11 Å². The number of thioether (sulfide) groups is 1. The Hall–Kier alpha value is -1.30. The van der Waals surface area contributed by atoms with Crippen molar-refractivity contribution in [3.05, 3.63) is 11.4 Å². The van der Waals surface area contributed by atoms with Crippen LogP contribution < -0.4 is 5.73 Å². The highest BCUT2D eigenvalue weighted by atomic mass is 32.2. The maximum atomic E-state index is 10.5. The number of rotatable bonds is 1. The molecule has 6 heteroatoms. The average molecular weight is 296 g/mol. The lowest BCUT2D eigenvalue weighted by atomic mass is 9.85. The van der Waals surface area contributed by atoms with Gasteiger partial charge in [0.2, 0.25) is 0 Å². The molecule has 20 heavy (non-hydrogen) atoms. The van der Waals surface area contributed by atoms with E-state index in [1.165, 1.54) is 11.8 Å². The van der Waals surface area contributed by atoms with Crippen LogP contribution in [-0.4, -0.2) is 26.5 Å². The Balaban J connectivity index is 3.59. The number of aromatic nitrogens is 2. The molecule has 1 heterocycles. The highest BCUT2D eigenvalue weighted by molar-refractivity contribution is 8.13. The lowest BCUT2D eigenvalue weighted by Gasteiger charge is -2.25.